The standard InChI is InChI=1S/C7H14O6S2/c1-14(8,9)12-4-6-3-7(6)5-13-15(2,10)11/h6-7H,3-5H2,1-2H3/t6-,7-/m0/s1. The van der Waals surface area contributed by atoms with Gasteiger partial charge in [-0.15, -0.1) is 0 Å². The number of hydrogen-bond donors (Lipinski definition) is 0. The molecular formula is C7H14O6S2. The Bertz CT molecular complexity index is 369. The smallest absolute Gasteiger partial charge is 0.264 e. The molecule has 1 rings (SSSR count). The molecule has 6 nitrogen and oxygen atoms in total. The van der Waals surface area contributed by atoms with Crippen LogP contribution in [0, 0.1) is 11.8 Å². The predicted molar refractivity (Wildman–Crippen MR) is 53.2 cm³/mol. The highest BCUT2D eigenvalue weighted by Gasteiger charge is 2.38. The lowest BCUT2D eigenvalue weighted by atomic mass is 10.3. The Morgan fingerprint density at radius 3 is 1.53 bits per heavy atom. The Hall–Kier alpha value is -0.180. The Labute approximate surface area is 89.8 Å². The maximum Gasteiger partial charge on any atom is 0.264 e. The van der Waals surface area contributed by atoms with Gasteiger partial charge in [0.05, 0.1) is 25.7 Å². The fourth-order valence-corrected chi connectivity index (χ4v) is 1.98. The van der Waals surface area contributed by atoms with Crippen molar-refractivity contribution in [3.8, 4) is 0 Å². The Morgan fingerprint density at radius 1 is 0.933 bits per heavy atom. The molecule has 0 aromatic rings. The molecule has 0 bridgehead atoms. The van der Waals surface area contributed by atoms with Crippen molar-refractivity contribution in [3.05, 3.63) is 0 Å². The summed E-state index contributed by atoms with van der Waals surface area (Å²) < 4.78 is 51.7. The molecule has 0 aromatic heterocycles. The minimum Gasteiger partial charge on any atom is -0.270 e. The average molecular weight is 258 g/mol. The van der Waals surface area contributed by atoms with Crippen molar-refractivity contribution < 1.29 is 25.2 Å². The zero-order valence-corrected chi connectivity index (χ0v) is 10.2. The third-order valence-electron chi connectivity index (χ3n) is 2.06. The van der Waals surface area contributed by atoms with E-state index in [1.807, 2.05) is 0 Å². The summed E-state index contributed by atoms with van der Waals surface area (Å²) in [7, 11) is -6.81. The Kier molecular flexibility index (Phi) is 3.75. The summed E-state index contributed by atoms with van der Waals surface area (Å²) in [5.74, 6) is 0.169. The van der Waals surface area contributed by atoms with Crippen LogP contribution in [0.5, 0.6) is 0 Å². The van der Waals surface area contributed by atoms with Crippen LogP contribution in [0.1, 0.15) is 6.42 Å². The van der Waals surface area contributed by atoms with E-state index < -0.39 is 20.2 Å². The topological polar surface area (TPSA) is 86.7 Å². The molecule has 0 heterocycles. The molecule has 0 radical (unpaired) electrons. The molecule has 0 N–H and O–H groups in total. The van der Waals surface area contributed by atoms with Crippen molar-refractivity contribution >= 4 is 20.2 Å². The fraction of sp³-hybridized carbons (Fsp3) is 1.00. The van der Waals surface area contributed by atoms with Gasteiger partial charge in [0.25, 0.3) is 20.2 Å². The second-order valence-corrected chi connectivity index (χ2v) is 7.02. The molecule has 90 valence electrons. The molecule has 0 unspecified atom stereocenters. The van der Waals surface area contributed by atoms with Crippen LogP contribution in [0.4, 0.5) is 0 Å². The van der Waals surface area contributed by atoms with Gasteiger partial charge in [0.15, 0.2) is 0 Å². The van der Waals surface area contributed by atoms with Crippen LogP contribution < -0.4 is 0 Å². The van der Waals surface area contributed by atoms with Gasteiger partial charge in [-0.25, -0.2) is 0 Å². The van der Waals surface area contributed by atoms with Gasteiger partial charge < -0.3 is 0 Å². The third-order valence-corrected chi connectivity index (χ3v) is 3.19. The molecule has 0 saturated heterocycles. The van der Waals surface area contributed by atoms with E-state index in [4.69, 9.17) is 0 Å². The highest BCUT2D eigenvalue weighted by atomic mass is 32.2. The van der Waals surface area contributed by atoms with E-state index in [0.717, 1.165) is 18.9 Å². The van der Waals surface area contributed by atoms with Gasteiger partial charge in [0.1, 0.15) is 0 Å². The number of rotatable bonds is 6. The zero-order valence-electron chi connectivity index (χ0n) is 8.54. The highest BCUT2D eigenvalue weighted by Crippen LogP contribution is 2.39. The Morgan fingerprint density at radius 2 is 1.27 bits per heavy atom. The van der Waals surface area contributed by atoms with Crippen LogP contribution in [0.3, 0.4) is 0 Å². The first kappa shape index (κ1) is 12.9. The minimum absolute atomic E-state index is 0.0847. The van der Waals surface area contributed by atoms with Gasteiger partial charge in [0, 0.05) is 0 Å². The van der Waals surface area contributed by atoms with Crippen molar-refractivity contribution in [1.82, 2.24) is 0 Å². The summed E-state index contributed by atoms with van der Waals surface area (Å²) in [5, 5.41) is 0. The summed E-state index contributed by atoms with van der Waals surface area (Å²) in [6.45, 7) is 0.216. The quantitative estimate of drug-likeness (QED) is 0.601. The van der Waals surface area contributed by atoms with E-state index in [-0.39, 0.29) is 25.0 Å². The Balaban J connectivity index is 2.19. The van der Waals surface area contributed by atoms with Crippen molar-refractivity contribution in [2.75, 3.05) is 25.7 Å². The first-order chi connectivity index (χ1) is 6.67. The molecule has 0 amide bonds. The van der Waals surface area contributed by atoms with Crippen molar-refractivity contribution in [3.63, 3.8) is 0 Å². The van der Waals surface area contributed by atoms with Gasteiger partial charge in [-0.3, -0.25) is 8.37 Å². The average Bonchev–Trinajstić information content (AvgIpc) is 2.73. The lowest BCUT2D eigenvalue weighted by Crippen LogP contribution is -2.09. The summed E-state index contributed by atoms with van der Waals surface area (Å²) in [6, 6.07) is 0. The lowest BCUT2D eigenvalue weighted by Gasteiger charge is -2.01. The zero-order chi connectivity index (χ0) is 11.7. The molecular weight excluding hydrogens is 244 g/mol. The predicted octanol–water partition coefficient (Wildman–Crippen LogP) is -0.425. The first-order valence-corrected chi connectivity index (χ1v) is 7.99. The van der Waals surface area contributed by atoms with Crippen LogP contribution >= 0.6 is 0 Å². The van der Waals surface area contributed by atoms with Gasteiger partial charge in [-0.2, -0.15) is 16.8 Å². The number of hydrogen-bond acceptors (Lipinski definition) is 6. The molecule has 1 fully saturated rings. The lowest BCUT2D eigenvalue weighted by molar-refractivity contribution is 0.264. The summed E-state index contributed by atoms with van der Waals surface area (Å²) >= 11 is 0. The second kappa shape index (κ2) is 4.36. The van der Waals surface area contributed by atoms with Crippen LogP contribution in [0.2, 0.25) is 0 Å². The normalized spacial score (nSPS) is 26.5. The molecule has 8 heteroatoms. The maximum atomic E-state index is 10.6. The molecule has 15 heavy (non-hydrogen) atoms. The van der Waals surface area contributed by atoms with Gasteiger partial charge in [0.2, 0.25) is 0 Å². The van der Waals surface area contributed by atoms with E-state index in [1.165, 1.54) is 0 Å². The molecule has 0 aliphatic heterocycles. The molecule has 2 atom stereocenters. The van der Waals surface area contributed by atoms with E-state index in [0.29, 0.717) is 0 Å². The largest absolute Gasteiger partial charge is 0.270 e. The fourth-order valence-electron chi connectivity index (χ4n) is 1.14. The van der Waals surface area contributed by atoms with Crippen molar-refractivity contribution in [2.45, 2.75) is 6.42 Å². The highest BCUT2D eigenvalue weighted by molar-refractivity contribution is 7.86. The molecule has 1 aliphatic carbocycles. The summed E-state index contributed by atoms with van der Waals surface area (Å²) in [5.41, 5.74) is 0. The maximum absolute atomic E-state index is 10.6. The van der Waals surface area contributed by atoms with Gasteiger partial charge in [-0.05, 0) is 18.3 Å². The molecule has 1 aliphatic rings. The molecule has 0 spiro atoms. The van der Waals surface area contributed by atoms with E-state index in [1.54, 1.807) is 0 Å². The van der Waals surface area contributed by atoms with Gasteiger partial charge >= 0.3 is 0 Å². The minimum atomic E-state index is -3.41. The van der Waals surface area contributed by atoms with Crippen molar-refractivity contribution in [1.29, 1.82) is 0 Å². The van der Waals surface area contributed by atoms with Crippen LogP contribution in [0.25, 0.3) is 0 Å². The van der Waals surface area contributed by atoms with Gasteiger partial charge in [-0.1, -0.05) is 0 Å². The molecule has 0 aromatic carbocycles. The first-order valence-electron chi connectivity index (χ1n) is 4.36. The molecule has 1 saturated carbocycles. The van der Waals surface area contributed by atoms with Crippen LogP contribution in [0.15, 0.2) is 0 Å². The SMILES string of the molecule is CS(=O)(=O)OC[C@@H]1C[C@H]1COS(C)(=O)=O. The van der Waals surface area contributed by atoms with Crippen molar-refractivity contribution in [2.24, 2.45) is 11.8 Å². The van der Waals surface area contributed by atoms with E-state index in [9.17, 15) is 16.8 Å². The second-order valence-electron chi connectivity index (χ2n) is 3.73. The third kappa shape index (κ3) is 6.08. The van der Waals surface area contributed by atoms with Crippen LogP contribution in [-0.4, -0.2) is 42.6 Å². The monoisotopic (exact) mass is 258 g/mol. The van der Waals surface area contributed by atoms with E-state index in [2.05, 4.69) is 8.37 Å². The summed E-state index contributed by atoms with van der Waals surface area (Å²) in [4.78, 5) is 0. The van der Waals surface area contributed by atoms with E-state index >= 15 is 0 Å². The summed E-state index contributed by atoms with van der Waals surface area (Å²) in [6.07, 6.45) is 2.71. The van der Waals surface area contributed by atoms with Crippen LogP contribution in [-0.2, 0) is 28.6 Å².